The molecule has 94 valence electrons. The fraction of sp³-hybridized carbons (Fsp3) is 0.357. The molecule has 4 nitrogen and oxygen atoms in total. The van der Waals surface area contributed by atoms with Crippen molar-refractivity contribution in [1.82, 2.24) is 15.2 Å². The molecule has 1 aliphatic rings. The monoisotopic (exact) mass is 243 g/mol. The Balaban J connectivity index is 1.94. The van der Waals surface area contributed by atoms with Crippen molar-refractivity contribution in [2.24, 2.45) is 0 Å². The third-order valence-electron chi connectivity index (χ3n) is 3.48. The van der Waals surface area contributed by atoms with E-state index in [1.54, 1.807) is 0 Å². The van der Waals surface area contributed by atoms with Gasteiger partial charge in [-0.1, -0.05) is 6.07 Å². The molecule has 1 amide bonds. The molecule has 0 aliphatic carbocycles. The quantitative estimate of drug-likeness (QED) is 0.799. The number of hydrogen-bond acceptors (Lipinski definition) is 2. The zero-order valence-corrected chi connectivity index (χ0v) is 10.4. The van der Waals surface area contributed by atoms with E-state index >= 15 is 0 Å². The first-order chi connectivity index (χ1) is 8.75. The molecule has 4 heteroatoms. The van der Waals surface area contributed by atoms with E-state index in [0.717, 1.165) is 36.1 Å². The molecule has 0 bridgehead atoms. The summed E-state index contributed by atoms with van der Waals surface area (Å²) in [6.45, 7) is 4.54. The molecule has 1 aliphatic heterocycles. The second-order valence-corrected chi connectivity index (χ2v) is 4.85. The van der Waals surface area contributed by atoms with Gasteiger partial charge in [0.15, 0.2) is 0 Å². The largest absolute Gasteiger partial charge is 0.361 e. The van der Waals surface area contributed by atoms with E-state index in [2.05, 4.69) is 17.2 Å². The molecule has 1 aromatic carbocycles. The van der Waals surface area contributed by atoms with E-state index in [-0.39, 0.29) is 5.91 Å². The van der Waals surface area contributed by atoms with Crippen LogP contribution in [0.25, 0.3) is 10.9 Å². The number of nitrogens with one attached hydrogen (secondary N) is 2. The Morgan fingerprint density at radius 2 is 2.28 bits per heavy atom. The SMILES string of the molecule is CC1CN(C(=O)c2cccc3[nH]ccc23)CCN1. The van der Waals surface area contributed by atoms with Crippen molar-refractivity contribution in [3.63, 3.8) is 0 Å². The first-order valence-corrected chi connectivity index (χ1v) is 6.34. The van der Waals surface area contributed by atoms with E-state index in [1.165, 1.54) is 0 Å². The Kier molecular flexibility index (Phi) is 2.80. The lowest BCUT2D eigenvalue weighted by atomic mass is 10.1. The summed E-state index contributed by atoms with van der Waals surface area (Å²) in [5.74, 6) is 0.133. The molecular weight excluding hydrogens is 226 g/mol. The van der Waals surface area contributed by atoms with Gasteiger partial charge in [-0.25, -0.2) is 0 Å². The highest BCUT2D eigenvalue weighted by Gasteiger charge is 2.22. The molecule has 1 atom stereocenters. The van der Waals surface area contributed by atoms with E-state index in [0.29, 0.717) is 6.04 Å². The van der Waals surface area contributed by atoms with Crippen molar-refractivity contribution < 1.29 is 4.79 Å². The summed E-state index contributed by atoms with van der Waals surface area (Å²) in [4.78, 5) is 17.6. The van der Waals surface area contributed by atoms with Gasteiger partial charge in [0.25, 0.3) is 5.91 Å². The Morgan fingerprint density at radius 3 is 3.11 bits per heavy atom. The van der Waals surface area contributed by atoms with Gasteiger partial charge in [0.2, 0.25) is 0 Å². The molecule has 3 rings (SSSR count). The number of piperazine rings is 1. The van der Waals surface area contributed by atoms with Crippen LogP contribution in [0.2, 0.25) is 0 Å². The zero-order chi connectivity index (χ0) is 12.5. The zero-order valence-electron chi connectivity index (χ0n) is 10.4. The van der Waals surface area contributed by atoms with Crippen LogP contribution in [0.3, 0.4) is 0 Å². The van der Waals surface area contributed by atoms with Crippen molar-refractivity contribution in [2.75, 3.05) is 19.6 Å². The summed E-state index contributed by atoms with van der Waals surface area (Å²) in [5, 5.41) is 4.36. The summed E-state index contributed by atoms with van der Waals surface area (Å²) in [6, 6.07) is 8.16. The van der Waals surface area contributed by atoms with Crippen LogP contribution in [0.15, 0.2) is 30.5 Å². The second kappa shape index (κ2) is 4.46. The first kappa shape index (κ1) is 11.3. The van der Waals surface area contributed by atoms with Gasteiger partial charge < -0.3 is 15.2 Å². The summed E-state index contributed by atoms with van der Waals surface area (Å²) in [5.41, 5.74) is 1.81. The van der Waals surface area contributed by atoms with Gasteiger partial charge in [-0.15, -0.1) is 0 Å². The van der Waals surface area contributed by atoms with E-state index in [9.17, 15) is 4.79 Å². The van der Waals surface area contributed by atoms with Crippen molar-refractivity contribution in [3.8, 4) is 0 Å². The molecule has 2 N–H and O–H groups in total. The number of H-pyrrole nitrogens is 1. The number of carbonyl (C=O) groups excluding carboxylic acids is 1. The summed E-state index contributed by atoms with van der Waals surface area (Å²) in [6.07, 6.45) is 1.88. The minimum atomic E-state index is 0.133. The van der Waals surface area contributed by atoms with Crippen LogP contribution >= 0.6 is 0 Å². The van der Waals surface area contributed by atoms with E-state index in [1.807, 2.05) is 35.4 Å². The smallest absolute Gasteiger partial charge is 0.254 e. The highest BCUT2D eigenvalue weighted by molar-refractivity contribution is 6.06. The fourth-order valence-electron chi connectivity index (χ4n) is 2.56. The lowest BCUT2D eigenvalue weighted by molar-refractivity contribution is 0.0711. The average molecular weight is 243 g/mol. The van der Waals surface area contributed by atoms with Gasteiger partial charge in [0.1, 0.15) is 0 Å². The Labute approximate surface area is 106 Å². The van der Waals surface area contributed by atoms with Crippen molar-refractivity contribution >= 4 is 16.8 Å². The van der Waals surface area contributed by atoms with Gasteiger partial charge in [-0.05, 0) is 25.1 Å². The standard InChI is InChI=1S/C14H17N3O/c1-10-9-17(8-7-15-10)14(18)12-3-2-4-13-11(12)5-6-16-13/h2-6,10,15-16H,7-9H2,1H3. The molecule has 1 aromatic heterocycles. The third-order valence-corrected chi connectivity index (χ3v) is 3.48. The molecular formula is C14H17N3O. The number of carbonyl (C=O) groups is 1. The predicted molar refractivity (Wildman–Crippen MR) is 71.7 cm³/mol. The topological polar surface area (TPSA) is 48.1 Å². The number of fused-ring (bicyclic) bond motifs is 1. The number of hydrogen-bond donors (Lipinski definition) is 2. The van der Waals surface area contributed by atoms with Gasteiger partial charge >= 0.3 is 0 Å². The predicted octanol–water partition coefficient (Wildman–Crippen LogP) is 1.60. The van der Waals surface area contributed by atoms with Gasteiger partial charge in [0.05, 0.1) is 0 Å². The van der Waals surface area contributed by atoms with Gasteiger partial charge in [-0.3, -0.25) is 4.79 Å². The van der Waals surface area contributed by atoms with Crippen molar-refractivity contribution in [1.29, 1.82) is 0 Å². The average Bonchev–Trinajstić information content (AvgIpc) is 2.86. The highest BCUT2D eigenvalue weighted by Crippen LogP contribution is 2.19. The first-order valence-electron chi connectivity index (χ1n) is 6.34. The molecule has 18 heavy (non-hydrogen) atoms. The van der Waals surface area contributed by atoms with Crippen LogP contribution in [0.1, 0.15) is 17.3 Å². The summed E-state index contributed by atoms with van der Waals surface area (Å²) >= 11 is 0. The lowest BCUT2D eigenvalue weighted by Gasteiger charge is -2.32. The number of rotatable bonds is 1. The van der Waals surface area contributed by atoms with Crippen LogP contribution in [0.5, 0.6) is 0 Å². The maximum Gasteiger partial charge on any atom is 0.254 e. The number of aromatic amines is 1. The fourth-order valence-corrected chi connectivity index (χ4v) is 2.56. The maximum absolute atomic E-state index is 12.5. The van der Waals surface area contributed by atoms with Crippen LogP contribution in [0, 0.1) is 0 Å². The molecule has 0 radical (unpaired) electrons. The molecule has 0 spiro atoms. The molecule has 1 saturated heterocycles. The van der Waals surface area contributed by atoms with Crippen molar-refractivity contribution in [3.05, 3.63) is 36.0 Å². The molecule has 1 fully saturated rings. The van der Waals surface area contributed by atoms with Crippen LogP contribution in [0.4, 0.5) is 0 Å². The summed E-state index contributed by atoms with van der Waals surface area (Å²) < 4.78 is 0. The summed E-state index contributed by atoms with van der Waals surface area (Å²) in [7, 11) is 0. The van der Waals surface area contributed by atoms with Crippen LogP contribution in [-0.4, -0.2) is 41.5 Å². The maximum atomic E-state index is 12.5. The molecule has 2 heterocycles. The number of nitrogens with zero attached hydrogens (tertiary/aromatic N) is 1. The number of amides is 1. The number of aromatic nitrogens is 1. The Morgan fingerprint density at radius 1 is 1.39 bits per heavy atom. The molecule has 0 saturated carbocycles. The minimum Gasteiger partial charge on any atom is -0.361 e. The van der Waals surface area contributed by atoms with E-state index in [4.69, 9.17) is 0 Å². The Bertz CT molecular complexity index is 575. The van der Waals surface area contributed by atoms with Gasteiger partial charge in [0, 0.05) is 48.3 Å². The third kappa shape index (κ3) is 1.88. The molecule has 2 aromatic rings. The lowest BCUT2D eigenvalue weighted by Crippen LogP contribution is -2.51. The Hall–Kier alpha value is -1.81. The highest BCUT2D eigenvalue weighted by atomic mass is 16.2. The van der Waals surface area contributed by atoms with E-state index < -0.39 is 0 Å². The number of benzene rings is 1. The second-order valence-electron chi connectivity index (χ2n) is 4.85. The molecule has 1 unspecified atom stereocenters. The van der Waals surface area contributed by atoms with Crippen LogP contribution in [-0.2, 0) is 0 Å². The van der Waals surface area contributed by atoms with Gasteiger partial charge in [-0.2, -0.15) is 0 Å². The van der Waals surface area contributed by atoms with Crippen molar-refractivity contribution in [2.45, 2.75) is 13.0 Å². The minimum absolute atomic E-state index is 0.133. The normalized spacial score (nSPS) is 20.3. The van der Waals surface area contributed by atoms with Crippen LogP contribution < -0.4 is 5.32 Å².